The van der Waals surface area contributed by atoms with Gasteiger partial charge in [-0.05, 0) is 49.4 Å². The zero-order chi connectivity index (χ0) is 19.1. The molecule has 7 heteroatoms. The number of aromatic nitrogens is 4. The van der Waals surface area contributed by atoms with Crippen molar-refractivity contribution in [3.05, 3.63) is 59.3 Å². The maximum Gasteiger partial charge on any atom is 0.253 e. The molecule has 0 radical (unpaired) electrons. The molecule has 0 bridgehead atoms. The van der Waals surface area contributed by atoms with Crippen molar-refractivity contribution < 1.29 is 9.18 Å². The number of benzene rings is 1. The van der Waals surface area contributed by atoms with Gasteiger partial charge in [-0.3, -0.25) is 14.6 Å². The fraction of sp³-hybridized carbons (Fsp3) is 0.381. The van der Waals surface area contributed by atoms with Crippen LogP contribution in [-0.2, 0) is 19.4 Å². The summed E-state index contributed by atoms with van der Waals surface area (Å²) >= 11 is 0. The molecule has 0 spiro atoms. The van der Waals surface area contributed by atoms with Gasteiger partial charge in [0.25, 0.3) is 5.91 Å². The molecule has 0 unspecified atom stereocenters. The molecule has 2 aliphatic rings. The molecule has 3 aromatic rings. The average molecular weight is 379 g/mol. The molecular formula is C21H22FN5O. The summed E-state index contributed by atoms with van der Waals surface area (Å²) in [6.45, 7) is 2.21. The van der Waals surface area contributed by atoms with E-state index in [0.29, 0.717) is 18.7 Å². The number of hydrogen-bond donors (Lipinski definition) is 1. The van der Waals surface area contributed by atoms with Gasteiger partial charge in [-0.1, -0.05) is 0 Å². The second-order valence-corrected chi connectivity index (χ2v) is 7.72. The maximum absolute atomic E-state index is 13.1. The lowest BCUT2D eigenvalue weighted by Gasteiger charge is -2.20. The Kier molecular flexibility index (Phi) is 4.22. The normalized spacial score (nSPS) is 16.7. The predicted molar refractivity (Wildman–Crippen MR) is 102 cm³/mol. The standard InChI is InChI=1S/C21H22FN5O/c22-17-5-3-15(4-6-17)21(28)26-9-7-18-19(8-10-26)24-25-20(18)16-11-23-27(13-16)12-14-1-2-14/h3-6,11,13-14H,1-2,7-10,12H2,(H,24,25). The highest BCUT2D eigenvalue weighted by atomic mass is 19.1. The van der Waals surface area contributed by atoms with Crippen LogP contribution in [-0.4, -0.2) is 43.9 Å². The molecule has 28 heavy (non-hydrogen) atoms. The largest absolute Gasteiger partial charge is 0.338 e. The van der Waals surface area contributed by atoms with Crippen LogP contribution in [0.5, 0.6) is 0 Å². The van der Waals surface area contributed by atoms with Gasteiger partial charge in [0.15, 0.2) is 0 Å². The van der Waals surface area contributed by atoms with E-state index >= 15 is 0 Å². The van der Waals surface area contributed by atoms with E-state index in [-0.39, 0.29) is 11.7 Å². The van der Waals surface area contributed by atoms with E-state index in [2.05, 4.69) is 21.5 Å². The lowest BCUT2D eigenvalue weighted by Crippen LogP contribution is -2.33. The van der Waals surface area contributed by atoms with Gasteiger partial charge in [-0.2, -0.15) is 10.2 Å². The Morgan fingerprint density at radius 2 is 1.96 bits per heavy atom. The topological polar surface area (TPSA) is 66.8 Å². The third-order valence-electron chi connectivity index (χ3n) is 5.64. The summed E-state index contributed by atoms with van der Waals surface area (Å²) in [6.07, 6.45) is 8.01. The Hall–Kier alpha value is -2.96. The van der Waals surface area contributed by atoms with Crippen LogP contribution in [0.25, 0.3) is 11.3 Å². The lowest BCUT2D eigenvalue weighted by molar-refractivity contribution is 0.0762. The Balaban J connectivity index is 1.33. The van der Waals surface area contributed by atoms with Gasteiger partial charge in [-0.25, -0.2) is 4.39 Å². The van der Waals surface area contributed by atoms with Crippen LogP contribution >= 0.6 is 0 Å². The monoisotopic (exact) mass is 379 g/mol. The first kappa shape index (κ1) is 17.2. The predicted octanol–water partition coefficient (Wildman–Crippen LogP) is 3.06. The van der Waals surface area contributed by atoms with Crippen LogP contribution in [0.4, 0.5) is 4.39 Å². The highest BCUT2D eigenvalue weighted by Gasteiger charge is 2.25. The van der Waals surface area contributed by atoms with Crippen LogP contribution in [0.2, 0.25) is 0 Å². The molecule has 144 valence electrons. The van der Waals surface area contributed by atoms with Crippen molar-refractivity contribution in [2.75, 3.05) is 13.1 Å². The third kappa shape index (κ3) is 3.32. The van der Waals surface area contributed by atoms with E-state index in [0.717, 1.165) is 42.3 Å². The molecule has 3 heterocycles. The molecule has 0 saturated heterocycles. The van der Waals surface area contributed by atoms with Crippen molar-refractivity contribution >= 4 is 5.91 Å². The summed E-state index contributed by atoms with van der Waals surface area (Å²) in [5.41, 5.74) is 4.73. The zero-order valence-electron chi connectivity index (χ0n) is 15.6. The van der Waals surface area contributed by atoms with Crippen LogP contribution in [0.3, 0.4) is 0 Å². The van der Waals surface area contributed by atoms with Crippen molar-refractivity contribution in [2.24, 2.45) is 5.92 Å². The van der Waals surface area contributed by atoms with E-state index in [4.69, 9.17) is 0 Å². The second-order valence-electron chi connectivity index (χ2n) is 7.72. The van der Waals surface area contributed by atoms with Gasteiger partial charge in [-0.15, -0.1) is 0 Å². The van der Waals surface area contributed by atoms with Crippen LogP contribution < -0.4 is 0 Å². The molecule has 1 aliphatic heterocycles. The number of halogens is 1. The van der Waals surface area contributed by atoms with E-state index in [1.54, 1.807) is 12.1 Å². The number of hydrogen-bond acceptors (Lipinski definition) is 3. The highest BCUT2D eigenvalue weighted by Crippen LogP contribution is 2.31. The first-order chi connectivity index (χ1) is 13.7. The number of H-pyrrole nitrogens is 1. The molecule has 5 rings (SSSR count). The number of nitrogens with one attached hydrogen (secondary N) is 1. The number of rotatable bonds is 4. The maximum atomic E-state index is 13.1. The van der Waals surface area contributed by atoms with Crippen molar-refractivity contribution in [1.82, 2.24) is 24.9 Å². The van der Waals surface area contributed by atoms with Gasteiger partial charge in [0.2, 0.25) is 0 Å². The summed E-state index contributed by atoms with van der Waals surface area (Å²) in [4.78, 5) is 14.6. The smallest absolute Gasteiger partial charge is 0.253 e. The minimum absolute atomic E-state index is 0.0584. The van der Waals surface area contributed by atoms with Gasteiger partial charge in [0, 0.05) is 54.6 Å². The van der Waals surface area contributed by atoms with Crippen molar-refractivity contribution in [3.63, 3.8) is 0 Å². The minimum Gasteiger partial charge on any atom is -0.338 e. The van der Waals surface area contributed by atoms with Crippen LogP contribution in [0, 0.1) is 11.7 Å². The van der Waals surface area contributed by atoms with Gasteiger partial charge >= 0.3 is 0 Å². The molecule has 1 saturated carbocycles. The number of amides is 1. The Labute approximate surface area is 162 Å². The van der Waals surface area contributed by atoms with Gasteiger partial charge in [0.05, 0.1) is 11.9 Å². The molecule has 0 atom stereocenters. The van der Waals surface area contributed by atoms with Crippen molar-refractivity contribution in [2.45, 2.75) is 32.2 Å². The molecule has 1 amide bonds. The lowest BCUT2D eigenvalue weighted by atomic mass is 10.1. The Bertz CT molecular complexity index is 1000. The fourth-order valence-corrected chi connectivity index (χ4v) is 3.85. The summed E-state index contributed by atoms with van der Waals surface area (Å²) < 4.78 is 15.1. The summed E-state index contributed by atoms with van der Waals surface area (Å²) in [5, 5.41) is 12.2. The second kappa shape index (κ2) is 6.89. The highest BCUT2D eigenvalue weighted by molar-refractivity contribution is 5.94. The molecule has 1 aliphatic carbocycles. The van der Waals surface area contributed by atoms with Crippen LogP contribution in [0.1, 0.15) is 34.5 Å². The average Bonchev–Trinajstić information content (AvgIpc) is 3.31. The number of fused-ring (bicyclic) bond motifs is 1. The van der Waals surface area contributed by atoms with Crippen molar-refractivity contribution in [1.29, 1.82) is 0 Å². The Morgan fingerprint density at radius 1 is 1.18 bits per heavy atom. The molecule has 2 aromatic heterocycles. The first-order valence-electron chi connectivity index (χ1n) is 9.81. The molecular weight excluding hydrogens is 357 g/mol. The van der Waals surface area contributed by atoms with E-state index < -0.39 is 0 Å². The first-order valence-corrected chi connectivity index (χ1v) is 9.81. The summed E-state index contributed by atoms with van der Waals surface area (Å²) in [5.74, 6) is 0.382. The third-order valence-corrected chi connectivity index (χ3v) is 5.64. The van der Waals surface area contributed by atoms with E-state index in [9.17, 15) is 9.18 Å². The Morgan fingerprint density at radius 3 is 2.75 bits per heavy atom. The molecule has 6 nitrogen and oxygen atoms in total. The number of nitrogens with zero attached hydrogens (tertiary/aromatic N) is 4. The summed E-state index contributed by atoms with van der Waals surface area (Å²) in [7, 11) is 0. The van der Waals surface area contributed by atoms with Crippen LogP contribution in [0.15, 0.2) is 36.7 Å². The minimum atomic E-state index is -0.333. The number of carbonyl (C=O) groups excluding carboxylic acids is 1. The fourth-order valence-electron chi connectivity index (χ4n) is 3.85. The number of aromatic amines is 1. The molecule has 1 N–H and O–H groups in total. The van der Waals surface area contributed by atoms with E-state index in [1.807, 2.05) is 15.8 Å². The number of carbonyl (C=O) groups is 1. The quantitative estimate of drug-likeness (QED) is 0.758. The zero-order valence-corrected chi connectivity index (χ0v) is 15.6. The van der Waals surface area contributed by atoms with Gasteiger partial charge in [0.1, 0.15) is 5.82 Å². The molecule has 1 fully saturated rings. The molecule has 1 aromatic carbocycles. The SMILES string of the molecule is O=C(c1ccc(F)cc1)N1CCc2[nH]nc(-c3cnn(CC4CC4)c3)c2CC1. The van der Waals surface area contributed by atoms with E-state index in [1.165, 1.54) is 30.5 Å². The summed E-state index contributed by atoms with van der Waals surface area (Å²) in [6, 6.07) is 5.75. The van der Waals surface area contributed by atoms with Gasteiger partial charge < -0.3 is 4.90 Å². The van der Waals surface area contributed by atoms with Crippen molar-refractivity contribution in [3.8, 4) is 11.3 Å².